The fourth-order valence-electron chi connectivity index (χ4n) is 0.987. The number of hydrogen-bond donors (Lipinski definition) is 1. The van der Waals surface area contributed by atoms with Crippen LogP contribution in [0, 0.1) is 5.41 Å². The van der Waals surface area contributed by atoms with E-state index in [-0.39, 0.29) is 0 Å². The number of rotatable bonds is 4. The van der Waals surface area contributed by atoms with Crippen LogP contribution in [0.5, 0.6) is 0 Å². The Bertz CT molecular complexity index is 93.4. The highest BCUT2D eigenvalue weighted by molar-refractivity contribution is 5.76. The highest BCUT2D eigenvalue weighted by atomic mass is 15.1. The van der Waals surface area contributed by atoms with Gasteiger partial charge in [0.05, 0.1) is 5.84 Å². The maximum Gasteiger partial charge on any atom is 0.0925 e. The van der Waals surface area contributed by atoms with Crippen LogP contribution in [-0.2, 0) is 0 Å². The van der Waals surface area contributed by atoms with Gasteiger partial charge in [-0.05, 0) is 19.8 Å². The molecule has 0 amide bonds. The Labute approximate surface area is 63.7 Å². The second-order valence-corrected chi connectivity index (χ2v) is 2.57. The standard InChI is InChI=1S/C8H18N2/c1-4-6-10(7-5-2)8(3)9/h9H,4-7H2,1-3H3. The molecule has 0 saturated heterocycles. The lowest BCUT2D eigenvalue weighted by atomic mass is 10.3. The molecule has 0 aliphatic carbocycles. The molecule has 0 radical (unpaired) electrons. The molecule has 0 atom stereocenters. The summed E-state index contributed by atoms with van der Waals surface area (Å²) in [6.45, 7) is 8.20. The van der Waals surface area contributed by atoms with Gasteiger partial charge in [0.2, 0.25) is 0 Å². The molecule has 0 spiro atoms. The predicted molar refractivity (Wildman–Crippen MR) is 45.6 cm³/mol. The van der Waals surface area contributed by atoms with E-state index >= 15 is 0 Å². The predicted octanol–water partition coefficient (Wildman–Crippen LogP) is 2.11. The lowest BCUT2D eigenvalue weighted by Crippen LogP contribution is -2.29. The van der Waals surface area contributed by atoms with E-state index in [0.717, 1.165) is 25.9 Å². The van der Waals surface area contributed by atoms with Crippen molar-refractivity contribution in [1.82, 2.24) is 4.90 Å². The number of nitrogens with zero attached hydrogens (tertiary/aromatic N) is 1. The average molecular weight is 142 g/mol. The summed E-state index contributed by atoms with van der Waals surface area (Å²) in [4.78, 5) is 2.11. The lowest BCUT2D eigenvalue weighted by molar-refractivity contribution is 0.412. The summed E-state index contributed by atoms with van der Waals surface area (Å²) in [6.07, 6.45) is 2.27. The normalized spacial score (nSPS) is 9.50. The molecule has 60 valence electrons. The van der Waals surface area contributed by atoms with Crippen LogP contribution in [0.3, 0.4) is 0 Å². The van der Waals surface area contributed by atoms with Gasteiger partial charge in [0, 0.05) is 13.1 Å². The Morgan fingerprint density at radius 2 is 1.60 bits per heavy atom. The van der Waals surface area contributed by atoms with E-state index in [0.29, 0.717) is 5.84 Å². The van der Waals surface area contributed by atoms with Gasteiger partial charge in [0.15, 0.2) is 0 Å². The van der Waals surface area contributed by atoms with Crippen LogP contribution in [0.25, 0.3) is 0 Å². The van der Waals surface area contributed by atoms with Gasteiger partial charge in [-0.1, -0.05) is 13.8 Å². The monoisotopic (exact) mass is 142 g/mol. The first-order valence-electron chi connectivity index (χ1n) is 4.02. The van der Waals surface area contributed by atoms with Gasteiger partial charge in [-0.25, -0.2) is 0 Å². The molecule has 0 rings (SSSR count). The number of hydrogen-bond acceptors (Lipinski definition) is 1. The van der Waals surface area contributed by atoms with Crippen LogP contribution in [-0.4, -0.2) is 23.8 Å². The molecule has 0 aliphatic heterocycles. The molecule has 0 aromatic rings. The molecule has 0 aliphatic rings. The summed E-state index contributed by atoms with van der Waals surface area (Å²) in [6, 6.07) is 0. The second-order valence-electron chi connectivity index (χ2n) is 2.57. The van der Waals surface area contributed by atoms with Crippen molar-refractivity contribution in [3.8, 4) is 0 Å². The van der Waals surface area contributed by atoms with E-state index in [2.05, 4.69) is 18.7 Å². The summed E-state index contributed by atoms with van der Waals surface area (Å²) < 4.78 is 0. The Kier molecular flexibility index (Phi) is 4.99. The first-order chi connectivity index (χ1) is 4.72. The smallest absolute Gasteiger partial charge is 0.0925 e. The van der Waals surface area contributed by atoms with Crippen LogP contribution in [0.2, 0.25) is 0 Å². The fraction of sp³-hybridized carbons (Fsp3) is 0.875. The van der Waals surface area contributed by atoms with Crippen molar-refractivity contribution in [2.45, 2.75) is 33.6 Å². The van der Waals surface area contributed by atoms with E-state index in [1.165, 1.54) is 0 Å². The first kappa shape index (κ1) is 9.47. The van der Waals surface area contributed by atoms with Gasteiger partial charge < -0.3 is 4.90 Å². The van der Waals surface area contributed by atoms with Gasteiger partial charge in [-0.2, -0.15) is 0 Å². The van der Waals surface area contributed by atoms with Gasteiger partial charge in [0.1, 0.15) is 0 Å². The van der Waals surface area contributed by atoms with E-state index in [1.54, 1.807) is 0 Å². The molecule has 0 aromatic carbocycles. The summed E-state index contributed by atoms with van der Waals surface area (Å²) in [5.41, 5.74) is 0. The quantitative estimate of drug-likeness (QED) is 0.472. The van der Waals surface area contributed by atoms with E-state index in [1.807, 2.05) is 6.92 Å². The van der Waals surface area contributed by atoms with Crippen LogP contribution < -0.4 is 0 Å². The minimum atomic E-state index is 0.698. The van der Waals surface area contributed by atoms with E-state index in [9.17, 15) is 0 Å². The minimum Gasteiger partial charge on any atom is -0.361 e. The highest BCUT2D eigenvalue weighted by Gasteiger charge is 2.00. The lowest BCUT2D eigenvalue weighted by Gasteiger charge is -2.21. The van der Waals surface area contributed by atoms with Crippen molar-refractivity contribution in [3.63, 3.8) is 0 Å². The molecule has 10 heavy (non-hydrogen) atoms. The van der Waals surface area contributed by atoms with Gasteiger partial charge in [-0.15, -0.1) is 0 Å². The topological polar surface area (TPSA) is 27.1 Å². The first-order valence-corrected chi connectivity index (χ1v) is 4.02. The molecule has 2 heteroatoms. The zero-order chi connectivity index (χ0) is 7.98. The van der Waals surface area contributed by atoms with Crippen molar-refractivity contribution in [2.24, 2.45) is 0 Å². The molecule has 0 saturated carbocycles. The summed E-state index contributed by atoms with van der Waals surface area (Å²) >= 11 is 0. The van der Waals surface area contributed by atoms with Crippen molar-refractivity contribution in [3.05, 3.63) is 0 Å². The largest absolute Gasteiger partial charge is 0.361 e. The highest BCUT2D eigenvalue weighted by Crippen LogP contribution is 1.93. The van der Waals surface area contributed by atoms with Crippen LogP contribution in [0.1, 0.15) is 33.6 Å². The van der Waals surface area contributed by atoms with Gasteiger partial charge in [0.25, 0.3) is 0 Å². The van der Waals surface area contributed by atoms with Crippen LogP contribution in [0.4, 0.5) is 0 Å². The second kappa shape index (κ2) is 5.27. The molecule has 1 N–H and O–H groups in total. The van der Waals surface area contributed by atoms with Crippen molar-refractivity contribution >= 4 is 5.84 Å². The van der Waals surface area contributed by atoms with E-state index < -0.39 is 0 Å². The third-order valence-electron chi connectivity index (χ3n) is 1.46. The third-order valence-corrected chi connectivity index (χ3v) is 1.46. The Hall–Kier alpha value is -0.530. The Morgan fingerprint density at radius 3 is 1.80 bits per heavy atom. The average Bonchev–Trinajstić information content (AvgIpc) is 1.87. The Balaban J connectivity index is 3.61. The van der Waals surface area contributed by atoms with Crippen LogP contribution in [0.15, 0.2) is 0 Å². The van der Waals surface area contributed by atoms with E-state index in [4.69, 9.17) is 5.41 Å². The SMILES string of the molecule is CCCN(CCC)C(C)=N. The van der Waals surface area contributed by atoms with Crippen molar-refractivity contribution in [1.29, 1.82) is 5.41 Å². The third kappa shape index (κ3) is 3.49. The summed E-state index contributed by atoms with van der Waals surface area (Å²) in [5, 5.41) is 7.38. The Morgan fingerprint density at radius 1 is 1.20 bits per heavy atom. The summed E-state index contributed by atoms with van der Waals surface area (Å²) in [5.74, 6) is 0.698. The number of nitrogens with one attached hydrogen (secondary N) is 1. The molecule has 0 bridgehead atoms. The minimum absolute atomic E-state index is 0.698. The zero-order valence-corrected chi connectivity index (χ0v) is 7.28. The van der Waals surface area contributed by atoms with Crippen LogP contribution >= 0.6 is 0 Å². The molecule has 0 unspecified atom stereocenters. The molecule has 2 nitrogen and oxygen atoms in total. The molecule has 0 heterocycles. The fourth-order valence-corrected chi connectivity index (χ4v) is 0.987. The molecule has 0 aromatic heterocycles. The van der Waals surface area contributed by atoms with Crippen molar-refractivity contribution in [2.75, 3.05) is 13.1 Å². The number of amidine groups is 1. The maximum atomic E-state index is 7.38. The van der Waals surface area contributed by atoms with Gasteiger partial charge >= 0.3 is 0 Å². The van der Waals surface area contributed by atoms with Gasteiger partial charge in [-0.3, -0.25) is 5.41 Å². The maximum absolute atomic E-state index is 7.38. The zero-order valence-electron chi connectivity index (χ0n) is 7.28. The molecule has 0 fully saturated rings. The van der Waals surface area contributed by atoms with Crippen molar-refractivity contribution < 1.29 is 0 Å². The summed E-state index contributed by atoms with van der Waals surface area (Å²) in [7, 11) is 0. The molecular weight excluding hydrogens is 124 g/mol. The molecular formula is C8H18N2.